The first-order valence-electron chi connectivity index (χ1n) is 4.71. The van der Waals surface area contributed by atoms with Gasteiger partial charge in [0.2, 0.25) is 0 Å². The van der Waals surface area contributed by atoms with E-state index in [0.717, 1.165) is 11.8 Å². The molecule has 2 atom stereocenters. The maximum atomic E-state index is 3.29. The van der Waals surface area contributed by atoms with Crippen LogP contribution in [0.1, 0.15) is 33.6 Å². The highest BCUT2D eigenvalue weighted by Gasteiger charge is 2.37. The van der Waals surface area contributed by atoms with Crippen LogP contribution in [0.25, 0.3) is 0 Å². The SMILES string of the molecule is CNCC1CC(C)CC1(C)C. The van der Waals surface area contributed by atoms with Gasteiger partial charge in [0.05, 0.1) is 0 Å². The molecule has 1 nitrogen and oxygen atoms in total. The Morgan fingerprint density at radius 2 is 2.09 bits per heavy atom. The minimum atomic E-state index is 0.572. The standard InChI is InChI=1S/C10H21N/c1-8-5-9(7-11-4)10(2,3)6-8/h8-9,11H,5-7H2,1-4H3. The van der Waals surface area contributed by atoms with E-state index in [4.69, 9.17) is 0 Å². The smallest absolute Gasteiger partial charge is 0.00183 e. The molecular weight excluding hydrogens is 134 g/mol. The Hall–Kier alpha value is -0.0400. The Labute approximate surface area is 70.6 Å². The third kappa shape index (κ3) is 1.96. The van der Waals surface area contributed by atoms with Gasteiger partial charge in [-0.05, 0) is 43.7 Å². The molecule has 0 aromatic carbocycles. The van der Waals surface area contributed by atoms with Crippen molar-refractivity contribution in [3.8, 4) is 0 Å². The van der Waals surface area contributed by atoms with E-state index >= 15 is 0 Å². The monoisotopic (exact) mass is 155 g/mol. The quantitative estimate of drug-likeness (QED) is 0.645. The number of rotatable bonds is 2. The van der Waals surface area contributed by atoms with Gasteiger partial charge >= 0.3 is 0 Å². The molecule has 1 N–H and O–H groups in total. The van der Waals surface area contributed by atoms with E-state index in [2.05, 4.69) is 33.1 Å². The molecule has 66 valence electrons. The van der Waals surface area contributed by atoms with Crippen LogP contribution in [0.3, 0.4) is 0 Å². The summed E-state index contributed by atoms with van der Waals surface area (Å²) >= 11 is 0. The van der Waals surface area contributed by atoms with Crippen molar-refractivity contribution >= 4 is 0 Å². The first kappa shape index (κ1) is 9.05. The van der Waals surface area contributed by atoms with Crippen LogP contribution >= 0.6 is 0 Å². The maximum absolute atomic E-state index is 3.29. The average molecular weight is 155 g/mol. The predicted octanol–water partition coefficient (Wildman–Crippen LogP) is 2.28. The fourth-order valence-corrected chi connectivity index (χ4v) is 2.56. The van der Waals surface area contributed by atoms with Crippen molar-refractivity contribution in [1.29, 1.82) is 0 Å². The Kier molecular flexibility index (Phi) is 2.58. The third-order valence-electron chi connectivity index (χ3n) is 3.12. The van der Waals surface area contributed by atoms with Gasteiger partial charge in [-0.15, -0.1) is 0 Å². The molecule has 0 aliphatic heterocycles. The van der Waals surface area contributed by atoms with Crippen molar-refractivity contribution in [2.24, 2.45) is 17.3 Å². The highest BCUT2D eigenvalue weighted by molar-refractivity contribution is 4.88. The lowest BCUT2D eigenvalue weighted by Gasteiger charge is -2.26. The maximum Gasteiger partial charge on any atom is -0.00183 e. The van der Waals surface area contributed by atoms with E-state index in [1.165, 1.54) is 19.4 Å². The van der Waals surface area contributed by atoms with Gasteiger partial charge in [-0.2, -0.15) is 0 Å². The van der Waals surface area contributed by atoms with Crippen LogP contribution in [-0.4, -0.2) is 13.6 Å². The highest BCUT2D eigenvalue weighted by atomic mass is 14.8. The topological polar surface area (TPSA) is 12.0 Å². The van der Waals surface area contributed by atoms with Crippen molar-refractivity contribution in [3.63, 3.8) is 0 Å². The van der Waals surface area contributed by atoms with E-state index in [1.54, 1.807) is 0 Å². The zero-order valence-electron chi connectivity index (χ0n) is 8.28. The summed E-state index contributed by atoms with van der Waals surface area (Å²) in [6.07, 6.45) is 2.81. The van der Waals surface area contributed by atoms with Gasteiger partial charge in [0, 0.05) is 0 Å². The second kappa shape index (κ2) is 3.14. The van der Waals surface area contributed by atoms with Gasteiger partial charge in [-0.3, -0.25) is 0 Å². The van der Waals surface area contributed by atoms with Crippen LogP contribution in [0.5, 0.6) is 0 Å². The lowest BCUT2D eigenvalue weighted by molar-refractivity contribution is 0.255. The predicted molar refractivity (Wildman–Crippen MR) is 49.6 cm³/mol. The Bertz CT molecular complexity index is 129. The number of hydrogen-bond donors (Lipinski definition) is 1. The molecule has 1 saturated carbocycles. The van der Waals surface area contributed by atoms with Crippen molar-refractivity contribution in [2.45, 2.75) is 33.6 Å². The molecule has 0 aromatic heterocycles. The van der Waals surface area contributed by atoms with Gasteiger partial charge < -0.3 is 5.32 Å². The van der Waals surface area contributed by atoms with Crippen molar-refractivity contribution in [1.82, 2.24) is 5.32 Å². The van der Waals surface area contributed by atoms with Gasteiger partial charge in [-0.1, -0.05) is 20.8 Å². The van der Waals surface area contributed by atoms with E-state index in [1.807, 2.05) is 0 Å². The molecule has 0 bridgehead atoms. The van der Waals surface area contributed by atoms with Crippen molar-refractivity contribution in [2.75, 3.05) is 13.6 Å². The van der Waals surface area contributed by atoms with Crippen molar-refractivity contribution < 1.29 is 0 Å². The third-order valence-corrected chi connectivity index (χ3v) is 3.12. The molecule has 1 aliphatic rings. The largest absolute Gasteiger partial charge is 0.319 e. The molecule has 0 saturated heterocycles. The Balaban J connectivity index is 2.51. The van der Waals surface area contributed by atoms with Gasteiger partial charge in [0.25, 0.3) is 0 Å². The summed E-state index contributed by atoms with van der Waals surface area (Å²) in [4.78, 5) is 0. The Morgan fingerprint density at radius 3 is 2.45 bits per heavy atom. The molecule has 1 rings (SSSR count). The zero-order chi connectivity index (χ0) is 8.48. The zero-order valence-corrected chi connectivity index (χ0v) is 8.28. The molecule has 0 aromatic rings. The summed E-state index contributed by atoms with van der Waals surface area (Å²) in [6.45, 7) is 8.37. The fraction of sp³-hybridized carbons (Fsp3) is 1.00. The van der Waals surface area contributed by atoms with Crippen LogP contribution in [0.4, 0.5) is 0 Å². The van der Waals surface area contributed by atoms with E-state index in [0.29, 0.717) is 5.41 Å². The van der Waals surface area contributed by atoms with Crippen LogP contribution in [0.15, 0.2) is 0 Å². The van der Waals surface area contributed by atoms with Crippen LogP contribution < -0.4 is 5.32 Å². The first-order valence-corrected chi connectivity index (χ1v) is 4.71. The van der Waals surface area contributed by atoms with Crippen LogP contribution in [0, 0.1) is 17.3 Å². The summed E-state index contributed by atoms with van der Waals surface area (Å²) in [6, 6.07) is 0. The van der Waals surface area contributed by atoms with E-state index in [-0.39, 0.29) is 0 Å². The highest BCUT2D eigenvalue weighted by Crippen LogP contribution is 2.45. The molecule has 2 unspecified atom stereocenters. The number of nitrogens with one attached hydrogen (secondary N) is 1. The molecule has 1 heteroatoms. The molecular formula is C10H21N. The Morgan fingerprint density at radius 1 is 1.45 bits per heavy atom. The molecule has 1 aliphatic carbocycles. The van der Waals surface area contributed by atoms with Gasteiger partial charge in [0.1, 0.15) is 0 Å². The van der Waals surface area contributed by atoms with Gasteiger partial charge in [-0.25, -0.2) is 0 Å². The van der Waals surface area contributed by atoms with Crippen LogP contribution in [0.2, 0.25) is 0 Å². The normalized spacial score (nSPS) is 36.0. The first-order chi connectivity index (χ1) is 5.06. The summed E-state index contributed by atoms with van der Waals surface area (Å²) in [5.74, 6) is 1.82. The molecule has 11 heavy (non-hydrogen) atoms. The molecule has 0 heterocycles. The summed E-state index contributed by atoms with van der Waals surface area (Å²) in [5.41, 5.74) is 0.572. The fourth-order valence-electron chi connectivity index (χ4n) is 2.56. The number of hydrogen-bond acceptors (Lipinski definition) is 1. The average Bonchev–Trinajstić information content (AvgIpc) is 2.07. The molecule has 1 fully saturated rings. The van der Waals surface area contributed by atoms with E-state index in [9.17, 15) is 0 Å². The molecule has 0 amide bonds. The van der Waals surface area contributed by atoms with Crippen LogP contribution in [-0.2, 0) is 0 Å². The molecule has 0 spiro atoms. The lowest BCUT2D eigenvalue weighted by Crippen LogP contribution is -2.27. The summed E-state index contributed by atoms with van der Waals surface area (Å²) in [7, 11) is 2.05. The second-order valence-corrected chi connectivity index (χ2v) is 4.79. The van der Waals surface area contributed by atoms with Gasteiger partial charge in [0.15, 0.2) is 0 Å². The minimum Gasteiger partial charge on any atom is -0.319 e. The molecule has 0 radical (unpaired) electrons. The lowest BCUT2D eigenvalue weighted by atomic mass is 9.82. The second-order valence-electron chi connectivity index (χ2n) is 4.79. The summed E-state index contributed by atoms with van der Waals surface area (Å²) < 4.78 is 0. The van der Waals surface area contributed by atoms with E-state index < -0.39 is 0 Å². The minimum absolute atomic E-state index is 0.572. The van der Waals surface area contributed by atoms with Crippen molar-refractivity contribution in [3.05, 3.63) is 0 Å². The summed E-state index contributed by atoms with van der Waals surface area (Å²) in [5, 5.41) is 3.29.